The van der Waals surface area contributed by atoms with Crippen LogP contribution in [0.5, 0.6) is 0 Å². The van der Waals surface area contributed by atoms with Crippen molar-refractivity contribution in [3.8, 4) is 0 Å². The van der Waals surface area contributed by atoms with Gasteiger partial charge in [0, 0.05) is 12.7 Å². The number of rotatable bonds is 1. The summed E-state index contributed by atoms with van der Waals surface area (Å²) in [5.41, 5.74) is 7.29. The van der Waals surface area contributed by atoms with Crippen molar-refractivity contribution in [1.82, 2.24) is 0 Å². The summed E-state index contributed by atoms with van der Waals surface area (Å²) in [5, 5.41) is 0. The molecule has 6 nitrogen and oxygen atoms in total. The van der Waals surface area contributed by atoms with Gasteiger partial charge in [0.25, 0.3) is 0 Å². The number of hydrogen-bond donors (Lipinski definition) is 0. The number of nitrogens with zero attached hydrogens (tertiary/aromatic N) is 3. The summed E-state index contributed by atoms with van der Waals surface area (Å²) in [6, 6.07) is 0. The van der Waals surface area contributed by atoms with Crippen LogP contribution in [0.2, 0.25) is 0 Å². The Kier molecular flexibility index (Phi) is 1.80. The van der Waals surface area contributed by atoms with Gasteiger partial charge in [-0.3, -0.25) is 0 Å². The first-order valence-corrected chi connectivity index (χ1v) is 2.64. The molecule has 0 amide bonds. The summed E-state index contributed by atoms with van der Waals surface area (Å²) in [6.07, 6.45) is 0. The molecule has 0 spiro atoms. The van der Waals surface area contributed by atoms with Crippen molar-refractivity contribution in [1.29, 1.82) is 0 Å². The molecule has 0 rings (SSSR count). The van der Waals surface area contributed by atoms with Crippen molar-refractivity contribution in [2.24, 2.45) is 4.88 Å². The first-order chi connectivity index (χ1) is 3.06. The first kappa shape index (κ1) is 6.46. The molecule has 0 heterocycles. The maximum atomic E-state index is 9.28. The van der Waals surface area contributed by atoms with Gasteiger partial charge in [-0.15, -0.1) is 0 Å². The maximum Gasteiger partial charge on any atom is 0.0234 e. The SMILES string of the molecule is [N-]=[N+]=NP(=O)([O-])[O-]. The Labute approximate surface area is 38.6 Å². The molecular formula is N3O3P-2. The van der Waals surface area contributed by atoms with E-state index in [4.69, 9.17) is 5.53 Å². The number of hydrogen-bond acceptors (Lipinski definition) is 3. The van der Waals surface area contributed by atoms with Crippen molar-refractivity contribution in [2.75, 3.05) is 0 Å². The largest absolute Gasteiger partial charge is 0.806 e. The van der Waals surface area contributed by atoms with E-state index in [9.17, 15) is 14.4 Å². The van der Waals surface area contributed by atoms with Gasteiger partial charge in [0.05, 0.1) is 0 Å². The quantitative estimate of drug-likeness (QED) is 0.194. The molecule has 0 saturated heterocycles. The monoisotopic (exact) mass is 121 g/mol. The normalized spacial score (nSPS) is 10.0. The Balaban J connectivity index is 4.10. The summed E-state index contributed by atoms with van der Waals surface area (Å²) in [6.45, 7) is 0. The molecular weight excluding hydrogens is 121 g/mol. The second kappa shape index (κ2) is 1.95. The molecule has 0 N–H and O–H groups in total. The Morgan fingerprint density at radius 3 is 2.14 bits per heavy atom. The zero-order chi connectivity index (χ0) is 5.91. The van der Waals surface area contributed by atoms with Crippen LogP contribution in [0.4, 0.5) is 0 Å². The Morgan fingerprint density at radius 1 is 1.71 bits per heavy atom. The molecule has 7 heavy (non-hydrogen) atoms. The molecule has 0 unspecified atom stereocenters. The van der Waals surface area contributed by atoms with Gasteiger partial charge in [-0.05, 0) is 5.53 Å². The molecule has 0 aliphatic carbocycles. The maximum absolute atomic E-state index is 9.28. The van der Waals surface area contributed by atoms with E-state index in [1.54, 1.807) is 4.91 Å². The van der Waals surface area contributed by atoms with Gasteiger partial charge in [-0.25, -0.2) is 0 Å². The third-order valence-electron chi connectivity index (χ3n) is 0.150. The van der Waals surface area contributed by atoms with Crippen molar-refractivity contribution >= 4 is 7.75 Å². The fourth-order valence-electron chi connectivity index (χ4n) is 0.0490. The van der Waals surface area contributed by atoms with Gasteiger partial charge in [0.2, 0.25) is 0 Å². The van der Waals surface area contributed by atoms with Crippen molar-refractivity contribution in [3.05, 3.63) is 10.4 Å². The lowest BCUT2D eigenvalue weighted by Gasteiger charge is -2.20. The van der Waals surface area contributed by atoms with E-state index in [1.165, 1.54) is 0 Å². The van der Waals surface area contributed by atoms with Crippen molar-refractivity contribution < 1.29 is 14.4 Å². The third kappa shape index (κ3) is 5.46. The van der Waals surface area contributed by atoms with Crippen molar-refractivity contribution in [3.63, 3.8) is 0 Å². The van der Waals surface area contributed by atoms with Crippen LogP contribution >= 0.6 is 7.75 Å². The average Bonchev–Trinajstić information content (AvgIpc) is 1.30. The summed E-state index contributed by atoms with van der Waals surface area (Å²) >= 11 is 0. The van der Waals surface area contributed by atoms with Crippen LogP contribution in [0, 0.1) is 0 Å². The molecule has 0 atom stereocenters. The standard InChI is InChI=1S/H2N3O3P/c1-2-3-7(4,5)6/h(H2,4,5,6)/p-2. The fourth-order valence-corrected chi connectivity index (χ4v) is 0.147. The van der Waals surface area contributed by atoms with Gasteiger partial charge in [-0.1, -0.05) is 4.88 Å². The molecule has 0 saturated carbocycles. The average molecular weight is 121 g/mol. The smallest absolute Gasteiger partial charge is 0.0234 e. The van der Waals surface area contributed by atoms with Gasteiger partial charge in [-0.2, -0.15) is 0 Å². The van der Waals surface area contributed by atoms with Crippen LogP contribution < -0.4 is 9.79 Å². The van der Waals surface area contributed by atoms with Crippen LogP contribution in [0.1, 0.15) is 0 Å². The molecule has 7 heteroatoms. The molecule has 0 bridgehead atoms. The van der Waals surface area contributed by atoms with E-state index in [1.807, 2.05) is 4.88 Å². The van der Waals surface area contributed by atoms with Crippen LogP contribution in [-0.4, -0.2) is 0 Å². The van der Waals surface area contributed by atoms with Crippen LogP contribution in [0.3, 0.4) is 0 Å². The molecule has 0 radical (unpaired) electrons. The van der Waals surface area contributed by atoms with Crippen molar-refractivity contribution in [2.45, 2.75) is 0 Å². The predicted octanol–water partition coefficient (Wildman–Crippen LogP) is -0.875. The molecule has 0 aliphatic heterocycles. The number of azide groups is 1. The highest BCUT2D eigenvalue weighted by Gasteiger charge is 1.74. The molecule has 0 aliphatic rings. The van der Waals surface area contributed by atoms with E-state index in [2.05, 4.69) is 0 Å². The van der Waals surface area contributed by atoms with Crippen LogP contribution in [-0.2, 0) is 4.57 Å². The van der Waals surface area contributed by atoms with E-state index in [0.29, 0.717) is 0 Å². The minimum absolute atomic E-state index is 1.74. The zero-order valence-electron chi connectivity index (χ0n) is 3.01. The highest BCUT2D eigenvalue weighted by atomic mass is 31.2. The molecule has 0 aromatic carbocycles. The van der Waals surface area contributed by atoms with Gasteiger partial charge in [0.15, 0.2) is 0 Å². The van der Waals surface area contributed by atoms with E-state index < -0.39 is 7.75 Å². The van der Waals surface area contributed by atoms with Gasteiger partial charge in [0.1, 0.15) is 0 Å². The molecule has 0 aromatic rings. The Hall–Kier alpha value is -0.540. The van der Waals surface area contributed by atoms with Gasteiger partial charge < -0.3 is 14.4 Å². The summed E-state index contributed by atoms with van der Waals surface area (Å²) in [5.74, 6) is 0. The van der Waals surface area contributed by atoms with E-state index in [0.717, 1.165) is 0 Å². The molecule has 40 valence electrons. The lowest BCUT2D eigenvalue weighted by molar-refractivity contribution is -0.313. The zero-order valence-corrected chi connectivity index (χ0v) is 3.91. The Morgan fingerprint density at radius 2 is 2.14 bits per heavy atom. The highest BCUT2D eigenvalue weighted by molar-refractivity contribution is 7.47. The first-order valence-electron chi connectivity index (χ1n) is 1.15. The van der Waals surface area contributed by atoms with Crippen LogP contribution in [0.15, 0.2) is 4.88 Å². The minimum atomic E-state index is -4.96. The minimum Gasteiger partial charge on any atom is -0.806 e. The van der Waals surface area contributed by atoms with E-state index in [-0.39, 0.29) is 0 Å². The summed E-state index contributed by atoms with van der Waals surface area (Å²) < 4.78 is 9.28. The second-order valence-corrected chi connectivity index (χ2v) is 1.76. The molecule has 0 fully saturated rings. The molecule has 0 aromatic heterocycles. The highest BCUT2D eigenvalue weighted by Crippen LogP contribution is 2.23. The Bertz CT molecular complexity index is 138. The summed E-state index contributed by atoms with van der Waals surface area (Å²) in [7, 11) is -4.96. The lowest BCUT2D eigenvalue weighted by atomic mass is 13.0. The van der Waals surface area contributed by atoms with E-state index >= 15 is 0 Å². The van der Waals surface area contributed by atoms with Crippen LogP contribution in [0.25, 0.3) is 10.4 Å². The predicted molar refractivity (Wildman–Crippen MR) is 16.8 cm³/mol. The summed E-state index contributed by atoms with van der Waals surface area (Å²) in [4.78, 5) is 22.2. The third-order valence-corrected chi connectivity index (χ3v) is 0.449. The fraction of sp³-hybridized carbons (Fsp3) is 0. The lowest BCUT2D eigenvalue weighted by Crippen LogP contribution is -2.09. The topological polar surface area (TPSA) is 112 Å². The van der Waals surface area contributed by atoms with Gasteiger partial charge >= 0.3 is 0 Å². The second-order valence-electron chi connectivity index (χ2n) is 0.647.